The van der Waals surface area contributed by atoms with E-state index in [4.69, 9.17) is 10.5 Å². The summed E-state index contributed by atoms with van der Waals surface area (Å²) in [5.41, 5.74) is 9.69. The molecule has 0 fully saturated rings. The Kier molecular flexibility index (Phi) is 4.47. The minimum absolute atomic E-state index is 0.00251. The van der Waals surface area contributed by atoms with Crippen LogP contribution in [0.4, 0.5) is 11.4 Å². The molecular formula is C20H24N2O2. The number of nitrogens with two attached hydrogens (primary N) is 1. The van der Waals surface area contributed by atoms with Crippen LogP contribution in [0.15, 0.2) is 42.5 Å². The molecule has 4 nitrogen and oxygen atoms in total. The highest BCUT2D eigenvalue weighted by Crippen LogP contribution is 2.36. The van der Waals surface area contributed by atoms with Crippen molar-refractivity contribution in [1.29, 1.82) is 0 Å². The number of likely N-dealkylation sites (N-methyl/N-ethyl adjacent to an activating group) is 1. The van der Waals surface area contributed by atoms with Gasteiger partial charge in [0.05, 0.1) is 5.69 Å². The number of hydrogen-bond acceptors (Lipinski definition) is 3. The molecule has 0 radical (unpaired) electrons. The lowest BCUT2D eigenvalue weighted by atomic mass is 9.99. The maximum Gasteiger partial charge on any atom is 0.268 e. The molecule has 0 aromatic heterocycles. The van der Waals surface area contributed by atoms with Crippen LogP contribution in [0.5, 0.6) is 5.75 Å². The number of fused-ring (bicyclic) bond motifs is 1. The molecule has 1 unspecified atom stereocenters. The number of carbonyl (C=O) groups is 1. The van der Waals surface area contributed by atoms with Crippen molar-refractivity contribution < 1.29 is 9.53 Å². The summed E-state index contributed by atoms with van der Waals surface area (Å²) in [5, 5.41) is 0. The van der Waals surface area contributed by atoms with Gasteiger partial charge in [0.25, 0.3) is 5.91 Å². The molecule has 0 saturated carbocycles. The Morgan fingerprint density at radius 2 is 1.88 bits per heavy atom. The van der Waals surface area contributed by atoms with Crippen LogP contribution >= 0.6 is 0 Å². The van der Waals surface area contributed by atoms with Crippen LogP contribution < -0.4 is 15.4 Å². The second kappa shape index (κ2) is 6.56. The highest BCUT2D eigenvalue weighted by Gasteiger charge is 2.33. The van der Waals surface area contributed by atoms with Crippen molar-refractivity contribution in [2.24, 2.45) is 0 Å². The predicted molar refractivity (Wildman–Crippen MR) is 97.5 cm³/mol. The highest BCUT2D eigenvalue weighted by atomic mass is 16.5. The first-order chi connectivity index (χ1) is 11.5. The monoisotopic (exact) mass is 324 g/mol. The lowest BCUT2D eigenvalue weighted by Crippen LogP contribution is -2.46. The van der Waals surface area contributed by atoms with E-state index in [1.807, 2.05) is 13.0 Å². The molecule has 0 aliphatic carbocycles. The Morgan fingerprint density at radius 1 is 1.17 bits per heavy atom. The first-order valence-electron chi connectivity index (χ1n) is 8.46. The fourth-order valence-corrected chi connectivity index (χ4v) is 3.05. The highest BCUT2D eigenvalue weighted by molar-refractivity contribution is 6.00. The van der Waals surface area contributed by atoms with E-state index in [1.165, 1.54) is 5.56 Å². The Bertz CT molecular complexity index is 738. The summed E-state index contributed by atoms with van der Waals surface area (Å²) in [6.45, 7) is 6.92. The third-order valence-corrected chi connectivity index (χ3v) is 4.47. The quantitative estimate of drug-likeness (QED) is 0.872. The summed E-state index contributed by atoms with van der Waals surface area (Å²) in [6, 6.07) is 13.8. The standard InChI is InChI=1S/C20H24N2O2/c1-4-22-17-10-9-16(21)12-18(17)24-19(20(22)23)11-14-5-7-15(8-6-14)13(2)3/h5-10,12-13,19H,4,11,21H2,1-3H3. The van der Waals surface area contributed by atoms with E-state index in [0.717, 1.165) is 11.3 Å². The van der Waals surface area contributed by atoms with E-state index in [-0.39, 0.29) is 5.91 Å². The molecule has 1 amide bonds. The number of anilines is 2. The number of amides is 1. The van der Waals surface area contributed by atoms with Crippen molar-refractivity contribution in [2.75, 3.05) is 17.2 Å². The smallest absolute Gasteiger partial charge is 0.268 e. The Morgan fingerprint density at radius 3 is 2.50 bits per heavy atom. The van der Waals surface area contributed by atoms with Gasteiger partial charge in [-0.1, -0.05) is 38.1 Å². The fraction of sp³-hybridized carbons (Fsp3) is 0.350. The minimum Gasteiger partial charge on any atom is -0.478 e. The molecule has 0 bridgehead atoms. The number of rotatable bonds is 4. The summed E-state index contributed by atoms with van der Waals surface area (Å²) in [6.07, 6.45) is 0.0474. The van der Waals surface area contributed by atoms with Gasteiger partial charge in [0.15, 0.2) is 6.10 Å². The van der Waals surface area contributed by atoms with Crippen LogP contribution in [0, 0.1) is 0 Å². The molecule has 4 heteroatoms. The minimum atomic E-state index is -0.510. The number of ether oxygens (including phenoxy) is 1. The van der Waals surface area contributed by atoms with Crippen LogP contribution in [-0.4, -0.2) is 18.6 Å². The van der Waals surface area contributed by atoms with Gasteiger partial charge in [-0.2, -0.15) is 0 Å². The maximum atomic E-state index is 12.8. The second-order valence-corrected chi connectivity index (χ2v) is 6.52. The number of nitrogens with zero attached hydrogens (tertiary/aromatic N) is 1. The molecule has 1 heterocycles. The Hall–Kier alpha value is -2.49. The van der Waals surface area contributed by atoms with E-state index in [2.05, 4.69) is 38.1 Å². The predicted octanol–water partition coefficient (Wildman–Crippen LogP) is 3.75. The van der Waals surface area contributed by atoms with E-state index >= 15 is 0 Å². The van der Waals surface area contributed by atoms with Gasteiger partial charge >= 0.3 is 0 Å². The van der Waals surface area contributed by atoms with Gasteiger partial charge in [-0.15, -0.1) is 0 Å². The lowest BCUT2D eigenvalue weighted by Gasteiger charge is -2.34. The van der Waals surface area contributed by atoms with E-state index in [9.17, 15) is 4.79 Å². The third kappa shape index (κ3) is 3.09. The topological polar surface area (TPSA) is 55.6 Å². The van der Waals surface area contributed by atoms with E-state index in [0.29, 0.717) is 30.3 Å². The van der Waals surface area contributed by atoms with Crippen LogP contribution in [0.1, 0.15) is 37.8 Å². The molecule has 1 atom stereocenters. The second-order valence-electron chi connectivity index (χ2n) is 6.52. The maximum absolute atomic E-state index is 12.8. The molecule has 2 aromatic rings. The first-order valence-corrected chi connectivity index (χ1v) is 8.46. The third-order valence-electron chi connectivity index (χ3n) is 4.47. The summed E-state index contributed by atoms with van der Waals surface area (Å²) < 4.78 is 5.97. The number of carbonyl (C=O) groups excluding carboxylic acids is 1. The normalized spacial score (nSPS) is 16.9. The van der Waals surface area contributed by atoms with Crippen molar-refractivity contribution in [3.8, 4) is 5.75 Å². The molecule has 2 aromatic carbocycles. The average Bonchev–Trinajstić information content (AvgIpc) is 2.56. The fourth-order valence-electron chi connectivity index (χ4n) is 3.05. The Labute approximate surface area is 143 Å². The van der Waals surface area contributed by atoms with Crippen LogP contribution in [0.2, 0.25) is 0 Å². The summed E-state index contributed by atoms with van der Waals surface area (Å²) in [7, 11) is 0. The van der Waals surface area contributed by atoms with Crippen LogP contribution in [0.3, 0.4) is 0 Å². The Balaban J connectivity index is 1.84. The van der Waals surface area contributed by atoms with Gasteiger partial charge in [0.2, 0.25) is 0 Å². The molecule has 126 valence electrons. The zero-order valence-electron chi connectivity index (χ0n) is 14.5. The molecule has 0 spiro atoms. The molecule has 0 saturated heterocycles. The molecule has 1 aliphatic heterocycles. The number of benzene rings is 2. The van der Waals surface area contributed by atoms with Gasteiger partial charge in [-0.3, -0.25) is 4.79 Å². The zero-order chi connectivity index (χ0) is 17.3. The van der Waals surface area contributed by atoms with Crippen molar-refractivity contribution in [3.63, 3.8) is 0 Å². The average molecular weight is 324 g/mol. The molecule has 24 heavy (non-hydrogen) atoms. The first kappa shape index (κ1) is 16.4. The molecular weight excluding hydrogens is 300 g/mol. The van der Waals surface area contributed by atoms with Crippen LogP contribution in [0.25, 0.3) is 0 Å². The van der Waals surface area contributed by atoms with Crippen molar-refractivity contribution in [2.45, 2.75) is 39.2 Å². The SMILES string of the molecule is CCN1C(=O)C(Cc2ccc(C(C)C)cc2)Oc2cc(N)ccc21. The summed E-state index contributed by atoms with van der Waals surface area (Å²) in [4.78, 5) is 14.5. The van der Waals surface area contributed by atoms with E-state index in [1.54, 1.807) is 17.0 Å². The van der Waals surface area contributed by atoms with Gasteiger partial charge in [0.1, 0.15) is 5.75 Å². The summed E-state index contributed by atoms with van der Waals surface area (Å²) >= 11 is 0. The molecule has 2 N–H and O–H groups in total. The van der Waals surface area contributed by atoms with Crippen LogP contribution in [-0.2, 0) is 11.2 Å². The molecule has 3 rings (SSSR count). The largest absolute Gasteiger partial charge is 0.478 e. The van der Waals surface area contributed by atoms with E-state index < -0.39 is 6.10 Å². The van der Waals surface area contributed by atoms with Crippen molar-refractivity contribution >= 4 is 17.3 Å². The van der Waals surface area contributed by atoms with Gasteiger partial charge in [0, 0.05) is 24.7 Å². The zero-order valence-corrected chi connectivity index (χ0v) is 14.5. The van der Waals surface area contributed by atoms with Gasteiger partial charge in [-0.25, -0.2) is 0 Å². The molecule has 1 aliphatic rings. The lowest BCUT2D eigenvalue weighted by molar-refractivity contribution is -0.126. The van der Waals surface area contributed by atoms with Crippen molar-refractivity contribution in [3.05, 3.63) is 53.6 Å². The number of hydrogen-bond donors (Lipinski definition) is 1. The summed E-state index contributed by atoms with van der Waals surface area (Å²) in [5.74, 6) is 1.18. The van der Waals surface area contributed by atoms with Gasteiger partial charge < -0.3 is 15.4 Å². The number of nitrogen functional groups attached to an aromatic ring is 1. The van der Waals surface area contributed by atoms with Crippen molar-refractivity contribution in [1.82, 2.24) is 0 Å². The van der Waals surface area contributed by atoms with Gasteiger partial charge in [-0.05, 0) is 36.1 Å².